The Hall–Kier alpha value is -2.03. The van der Waals surface area contributed by atoms with Gasteiger partial charge in [-0.2, -0.15) is 13.2 Å². The highest BCUT2D eigenvalue weighted by Gasteiger charge is 2.81. The number of ether oxygens (including phenoxy) is 1. The topological polar surface area (TPSA) is 73.2 Å². The Morgan fingerprint density at radius 1 is 1.31 bits per heavy atom. The third-order valence-corrected chi connectivity index (χ3v) is 9.21. The van der Waals surface area contributed by atoms with Gasteiger partial charge in [-0.3, -0.25) is 4.90 Å². The molecule has 2 spiro atoms. The largest absolute Gasteiger partial charge is 0.504 e. The van der Waals surface area contributed by atoms with Crippen LogP contribution in [0, 0.1) is 11.3 Å². The van der Waals surface area contributed by atoms with Crippen molar-refractivity contribution in [3.8, 4) is 11.5 Å². The Morgan fingerprint density at radius 2 is 2.06 bits per heavy atom. The number of phenols is 1. The summed E-state index contributed by atoms with van der Waals surface area (Å²) >= 11 is 0. The number of hydrogen-bond acceptors (Lipinski definition) is 5. The molecule has 7 rings (SSSR count). The van der Waals surface area contributed by atoms with Gasteiger partial charge in [-0.05, 0) is 44.4 Å². The van der Waals surface area contributed by atoms with Crippen molar-refractivity contribution in [2.45, 2.75) is 61.1 Å². The van der Waals surface area contributed by atoms with Gasteiger partial charge in [0, 0.05) is 29.5 Å². The summed E-state index contributed by atoms with van der Waals surface area (Å²) in [6.07, 6.45) is 0.287. The van der Waals surface area contributed by atoms with E-state index in [1.807, 2.05) is 12.1 Å². The monoisotopic (exact) mass is 449 g/mol. The normalized spacial score (nSPS) is 42.9. The summed E-state index contributed by atoms with van der Waals surface area (Å²) < 4.78 is 48.3. The van der Waals surface area contributed by atoms with E-state index in [4.69, 9.17) is 4.74 Å². The van der Waals surface area contributed by atoms with Crippen LogP contribution in [0.25, 0.3) is 0 Å². The van der Waals surface area contributed by atoms with Crippen molar-refractivity contribution < 1.29 is 33.2 Å². The summed E-state index contributed by atoms with van der Waals surface area (Å²) in [4.78, 5) is 2.24. The van der Waals surface area contributed by atoms with Crippen LogP contribution in [0.5, 0.6) is 11.5 Å². The van der Waals surface area contributed by atoms with Crippen molar-refractivity contribution >= 4 is 0 Å². The van der Waals surface area contributed by atoms with Crippen molar-refractivity contribution in [3.05, 3.63) is 48.1 Å². The minimum Gasteiger partial charge on any atom is -0.504 e. The molecule has 3 N–H and O–H groups in total. The van der Waals surface area contributed by atoms with E-state index in [1.165, 1.54) is 6.08 Å². The van der Waals surface area contributed by atoms with Gasteiger partial charge < -0.3 is 20.1 Å². The zero-order chi connectivity index (χ0) is 22.9. The Balaban J connectivity index is 1.64. The van der Waals surface area contributed by atoms with E-state index < -0.39 is 40.2 Å². The molecule has 1 aromatic rings. The molecule has 2 aliphatic heterocycles. The molecule has 1 aromatic carbocycles. The summed E-state index contributed by atoms with van der Waals surface area (Å²) in [5.41, 5.74) is -4.88. The lowest BCUT2D eigenvalue weighted by Crippen LogP contribution is -2.81. The molecule has 5 nitrogen and oxygen atoms in total. The number of halogens is 3. The molecule has 4 bridgehead atoms. The lowest BCUT2D eigenvalue weighted by molar-refractivity contribution is -0.318. The SMILES string of the molecule is C=CCN1CCC23c4c5ccc(O)c4OC2[C@@]2(O)C=C[C@@]3(C[C@@H]2C(C)(O)C(F)(F)F)C1C5. The fraction of sp³-hybridized carbons (Fsp3) is 0.583. The number of hydrogen-bond donors (Lipinski definition) is 3. The molecule has 1 saturated heterocycles. The summed E-state index contributed by atoms with van der Waals surface area (Å²) in [5.74, 6) is -1.32. The molecule has 6 aliphatic rings. The molecule has 32 heavy (non-hydrogen) atoms. The summed E-state index contributed by atoms with van der Waals surface area (Å²) in [6, 6.07) is 3.27. The summed E-state index contributed by atoms with van der Waals surface area (Å²) in [5, 5.41) is 33.2. The maximum Gasteiger partial charge on any atom is 0.417 e. The third-order valence-electron chi connectivity index (χ3n) is 9.21. The van der Waals surface area contributed by atoms with E-state index in [0.717, 1.165) is 18.1 Å². The molecule has 8 heteroatoms. The van der Waals surface area contributed by atoms with Gasteiger partial charge in [-0.15, -0.1) is 6.58 Å². The molecule has 2 heterocycles. The number of alkyl halides is 3. The van der Waals surface area contributed by atoms with E-state index in [9.17, 15) is 28.5 Å². The van der Waals surface area contributed by atoms with E-state index in [1.54, 1.807) is 12.1 Å². The highest BCUT2D eigenvalue weighted by molar-refractivity contribution is 5.65. The van der Waals surface area contributed by atoms with Crippen LogP contribution >= 0.6 is 0 Å². The van der Waals surface area contributed by atoms with Crippen molar-refractivity contribution in [3.63, 3.8) is 0 Å². The van der Waals surface area contributed by atoms with E-state index in [0.29, 0.717) is 25.9 Å². The standard InChI is InChI=1S/C24H26F3NO4/c1-3-9-28-10-8-22-17-13-4-5-14(29)18(17)32-19(22)23(31)7-6-21(22,16(28)11-13)12-15(23)20(2,30)24(25,26)27/h3-7,15-16,19,29-31H,1,8-12H2,2H3/t15-,16?,19?,20?,21-,22?,23-/m1/s1. The van der Waals surface area contributed by atoms with Gasteiger partial charge in [0.2, 0.25) is 0 Å². The van der Waals surface area contributed by atoms with E-state index in [2.05, 4.69) is 11.5 Å². The molecular weight excluding hydrogens is 423 g/mol. The molecule has 2 fully saturated rings. The first-order valence-corrected chi connectivity index (χ1v) is 11.0. The number of likely N-dealkylation sites (tertiary alicyclic amines) is 1. The Morgan fingerprint density at radius 3 is 2.75 bits per heavy atom. The van der Waals surface area contributed by atoms with E-state index >= 15 is 0 Å². The molecule has 0 amide bonds. The number of fused-ring (bicyclic) bond motifs is 1. The van der Waals surface area contributed by atoms with Crippen molar-refractivity contribution in [1.29, 1.82) is 0 Å². The number of phenolic OH excluding ortho intramolecular Hbond substituents is 1. The lowest BCUT2D eigenvalue weighted by atomic mass is 9.36. The van der Waals surface area contributed by atoms with Gasteiger partial charge in [0.05, 0.1) is 5.41 Å². The first kappa shape index (κ1) is 20.6. The second-order valence-corrected chi connectivity index (χ2v) is 10.3. The molecule has 0 radical (unpaired) electrons. The maximum atomic E-state index is 14.0. The molecule has 0 aromatic heterocycles. The average molecular weight is 449 g/mol. The fourth-order valence-corrected chi connectivity index (χ4v) is 7.86. The highest BCUT2D eigenvalue weighted by atomic mass is 19.4. The molecule has 172 valence electrons. The van der Waals surface area contributed by atoms with Gasteiger partial charge in [-0.1, -0.05) is 24.3 Å². The number of aliphatic hydroxyl groups is 2. The Bertz CT molecular complexity index is 1070. The number of piperidine rings is 1. The van der Waals surface area contributed by atoms with Crippen LogP contribution in [-0.4, -0.2) is 62.8 Å². The van der Waals surface area contributed by atoms with Gasteiger partial charge in [-0.25, -0.2) is 0 Å². The third kappa shape index (κ3) is 1.96. The Kier molecular flexibility index (Phi) is 3.67. The number of benzene rings is 1. The lowest BCUT2D eigenvalue weighted by Gasteiger charge is -2.71. The summed E-state index contributed by atoms with van der Waals surface area (Å²) in [6.45, 7) is 5.87. The fourth-order valence-electron chi connectivity index (χ4n) is 7.86. The van der Waals surface area contributed by atoms with E-state index in [-0.39, 0.29) is 24.0 Å². The predicted molar refractivity (Wildman–Crippen MR) is 109 cm³/mol. The quantitative estimate of drug-likeness (QED) is 0.619. The predicted octanol–water partition coefficient (Wildman–Crippen LogP) is 2.83. The number of rotatable bonds is 3. The average Bonchev–Trinajstić information content (AvgIpc) is 3.08. The van der Waals surface area contributed by atoms with Crippen LogP contribution in [0.4, 0.5) is 13.2 Å². The second kappa shape index (κ2) is 5.72. The van der Waals surface area contributed by atoms with Gasteiger partial charge in [0.25, 0.3) is 0 Å². The molecule has 4 aliphatic carbocycles. The first-order chi connectivity index (χ1) is 14.9. The van der Waals surface area contributed by atoms with Crippen molar-refractivity contribution in [2.24, 2.45) is 11.3 Å². The zero-order valence-electron chi connectivity index (χ0n) is 17.7. The number of nitrogens with zero attached hydrogens (tertiary/aromatic N) is 1. The minimum absolute atomic E-state index is 0.0286. The molecule has 7 atom stereocenters. The van der Waals surface area contributed by atoms with Gasteiger partial charge >= 0.3 is 6.18 Å². The molecular formula is C24H26F3NO4. The van der Waals surface area contributed by atoms with Crippen LogP contribution in [0.15, 0.2) is 36.9 Å². The zero-order valence-corrected chi connectivity index (χ0v) is 17.7. The van der Waals surface area contributed by atoms with Gasteiger partial charge in [0.15, 0.2) is 17.1 Å². The van der Waals surface area contributed by atoms with Crippen LogP contribution in [0.1, 0.15) is 30.9 Å². The minimum atomic E-state index is -4.92. The Labute approximate surface area is 183 Å². The van der Waals surface area contributed by atoms with Crippen molar-refractivity contribution in [2.75, 3.05) is 13.1 Å². The van der Waals surface area contributed by atoms with Crippen molar-refractivity contribution in [1.82, 2.24) is 4.90 Å². The highest BCUT2D eigenvalue weighted by Crippen LogP contribution is 2.75. The molecule has 4 unspecified atom stereocenters. The first-order valence-electron chi connectivity index (χ1n) is 11.0. The van der Waals surface area contributed by atoms with Crippen LogP contribution in [-0.2, 0) is 11.8 Å². The summed E-state index contributed by atoms with van der Waals surface area (Å²) in [7, 11) is 0. The van der Waals surface area contributed by atoms with Gasteiger partial charge in [0.1, 0.15) is 11.7 Å². The number of aromatic hydroxyl groups is 1. The smallest absolute Gasteiger partial charge is 0.417 e. The molecule has 1 saturated carbocycles. The van der Waals surface area contributed by atoms with Crippen LogP contribution < -0.4 is 4.74 Å². The maximum absolute atomic E-state index is 14.0. The van der Waals surface area contributed by atoms with Crippen LogP contribution in [0.2, 0.25) is 0 Å². The second-order valence-electron chi connectivity index (χ2n) is 10.3. The van der Waals surface area contributed by atoms with Crippen LogP contribution in [0.3, 0.4) is 0 Å².